The highest BCUT2D eigenvalue weighted by atomic mass is 32.2. The molecule has 2 aromatic heterocycles. The second-order valence-corrected chi connectivity index (χ2v) is 4.34. The zero-order valence-corrected chi connectivity index (χ0v) is 11.0. The first-order valence-corrected chi connectivity index (χ1v) is 6.38. The lowest BCUT2D eigenvalue weighted by molar-refractivity contribution is 0.393. The quantitative estimate of drug-likeness (QED) is 0.670. The molecule has 0 aliphatic carbocycles. The highest BCUT2D eigenvalue weighted by Gasteiger charge is 2.15. The van der Waals surface area contributed by atoms with E-state index in [1.54, 1.807) is 6.92 Å². The van der Waals surface area contributed by atoms with Gasteiger partial charge in [0.2, 0.25) is 0 Å². The van der Waals surface area contributed by atoms with Crippen LogP contribution in [0.3, 0.4) is 0 Å². The second-order valence-electron chi connectivity index (χ2n) is 3.54. The van der Waals surface area contributed by atoms with Crippen LogP contribution in [0, 0.1) is 25.2 Å². The van der Waals surface area contributed by atoms with Crippen molar-refractivity contribution < 1.29 is 4.52 Å². The van der Waals surface area contributed by atoms with E-state index in [2.05, 4.69) is 26.5 Å². The van der Waals surface area contributed by atoms with E-state index in [0.717, 1.165) is 11.4 Å². The summed E-state index contributed by atoms with van der Waals surface area (Å²) in [6.45, 7) is 3.62. The molecule has 92 valence electrons. The molecule has 0 bridgehead atoms. The first kappa shape index (κ1) is 12.4. The van der Waals surface area contributed by atoms with E-state index in [4.69, 9.17) is 4.52 Å². The molecule has 6 nitrogen and oxygen atoms in total. The van der Waals surface area contributed by atoms with Crippen LogP contribution in [0.25, 0.3) is 0 Å². The Labute approximate surface area is 108 Å². The summed E-state index contributed by atoms with van der Waals surface area (Å²) in [6.07, 6.45) is 3.29. The average molecular weight is 261 g/mol. The van der Waals surface area contributed by atoms with E-state index >= 15 is 0 Å². The maximum atomic E-state index is 9.18. The van der Waals surface area contributed by atoms with Crippen LogP contribution in [0.5, 0.6) is 0 Å². The van der Waals surface area contributed by atoms with Gasteiger partial charge in [0.25, 0.3) is 0 Å². The fraction of sp³-hybridized carbons (Fsp3) is 0.273. The zero-order chi connectivity index (χ0) is 13.1. The molecular formula is C11H11N5OS. The zero-order valence-electron chi connectivity index (χ0n) is 10.2. The second kappa shape index (κ2) is 5.06. The maximum Gasteiger partial charge on any atom is 0.157 e. The van der Waals surface area contributed by atoms with Crippen molar-refractivity contribution in [1.29, 1.82) is 5.26 Å². The number of rotatable bonds is 3. The molecule has 2 rings (SSSR count). The van der Waals surface area contributed by atoms with Gasteiger partial charge in [-0.05, 0) is 20.1 Å². The van der Waals surface area contributed by atoms with Crippen molar-refractivity contribution in [2.45, 2.75) is 18.9 Å². The number of aryl methyl sites for hydroxylation is 2. The van der Waals surface area contributed by atoms with Crippen molar-refractivity contribution in [2.24, 2.45) is 0 Å². The number of nitrogens with one attached hydrogen (secondary N) is 1. The maximum absolute atomic E-state index is 9.18. The standard InChI is InChI=1S/C11H11N5OS/c1-6-9(7(2)17-16-6)15-10-8(4-12)11(18-3)14-5-13-10/h5H,1-3H3,(H,13,14,15). The summed E-state index contributed by atoms with van der Waals surface area (Å²) in [5, 5.41) is 16.7. The van der Waals surface area contributed by atoms with Gasteiger partial charge in [-0.15, -0.1) is 11.8 Å². The van der Waals surface area contributed by atoms with Crippen LogP contribution in [0.2, 0.25) is 0 Å². The molecule has 0 radical (unpaired) electrons. The molecule has 1 N–H and O–H groups in total. The summed E-state index contributed by atoms with van der Waals surface area (Å²) in [4.78, 5) is 8.14. The summed E-state index contributed by atoms with van der Waals surface area (Å²) in [6, 6.07) is 2.11. The number of thioether (sulfide) groups is 1. The summed E-state index contributed by atoms with van der Waals surface area (Å²) in [5.74, 6) is 1.12. The van der Waals surface area contributed by atoms with Crippen molar-refractivity contribution >= 4 is 23.3 Å². The number of anilines is 2. The minimum absolute atomic E-state index is 0.421. The van der Waals surface area contributed by atoms with Crippen LogP contribution in [0.4, 0.5) is 11.5 Å². The average Bonchev–Trinajstić information content (AvgIpc) is 2.70. The smallest absolute Gasteiger partial charge is 0.157 e. The number of nitriles is 1. The number of nitrogens with zero attached hydrogens (tertiary/aromatic N) is 4. The topological polar surface area (TPSA) is 87.6 Å². The molecule has 0 atom stereocenters. The SMILES string of the molecule is CSc1ncnc(Nc2c(C)noc2C)c1C#N. The van der Waals surface area contributed by atoms with Crippen LogP contribution in [-0.4, -0.2) is 21.4 Å². The third-order valence-electron chi connectivity index (χ3n) is 2.39. The normalized spacial score (nSPS) is 10.1. The van der Waals surface area contributed by atoms with Crippen LogP contribution in [0.1, 0.15) is 17.0 Å². The van der Waals surface area contributed by atoms with E-state index < -0.39 is 0 Å². The first-order valence-electron chi connectivity index (χ1n) is 5.16. The molecule has 0 spiro atoms. The molecule has 0 aromatic carbocycles. The number of hydrogen-bond donors (Lipinski definition) is 1. The Balaban J connectivity index is 2.44. The largest absolute Gasteiger partial charge is 0.359 e. The minimum atomic E-state index is 0.421. The molecule has 0 amide bonds. The minimum Gasteiger partial charge on any atom is -0.359 e. The Bertz CT molecular complexity index is 597. The monoisotopic (exact) mass is 261 g/mol. The molecule has 0 aliphatic heterocycles. The first-order chi connectivity index (χ1) is 8.67. The van der Waals surface area contributed by atoms with E-state index in [0.29, 0.717) is 22.2 Å². The lowest BCUT2D eigenvalue weighted by Gasteiger charge is -2.07. The molecule has 7 heteroatoms. The summed E-state index contributed by atoms with van der Waals surface area (Å²) >= 11 is 1.40. The third kappa shape index (κ3) is 2.15. The summed E-state index contributed by atoms with van der Waals surface area (Å²) < 4.78 is 5.05. The molecule has 2 heterocycles. The van der Waals surface area contributed by atoms with Crippen molar-refractivity contribution in [1.82, 2.24) is 15.1 Å². The molecule has 0 unspecified atom stereocenters. The summed E-state index contributed by atoms with van der Waals surface area (Å²) in [7, 11) is 0. The van der Waals surface area contributed by atoms with Crippen LogP contribution < -0.4 is 5.32 Å². The van der Waals surface area contributed by atoms with Crippen molar-refractivity contribution in [3.05, 3.63) is 23.3 Å². The predicted molar refractivity (Wildman–Crippen MR) is 67.8 cm³/mol. The van der Waals surface area contributed by atoms with Crippen molar-refractivity contribution in [2.75, 3.05) is 11.6 Å². The van der Waals surface area contributed by atoms with E-state index in [9.17, 15) is 5.26 Å². The Morgan fingerprint density at radius 2 is 2.17 bits per heavy atom. The molecule has 18 heavy (non-hydrogen) atoms. The Hall–Kier alpha value is -2.07. The van der Waals surface area contributed by atoms with Crippen molar-refractivity contribution in [3.63, 3.8) is 0 Å². The van der Waals surface area contributed by atoms with Gasteiger partial charge < -0.3 is 9.84 Å². The van der Waals surface area contributed by atoms with Crippen LogP contribution in [-0.2, 0) is 0 Å². The van der Waals surface area contributed by atoms with Gasteiger partial charge in [-0.25, -0.2) is 9.97 Å². The predicted octanol–water partition coefficient (Wildman–Crippen LogP) is 2.42. The van der Waals surface area contributed by atoms with E-state index in [-0.39, 0.29) is 0 Å². The molecule has 2 aromatic rings. The molecular weight excluding hydrogens is 250 g/mol. The van der Waals surface area contributed by atoms with Gasteiger partial charge in [0.05, 0.1) is 0 Å². The molecule has 0 saturated carbocycles. The van der Waals surface area contributed by atoms with Crippen LogP contribution in [0.15, 0.2) is 15.9 Å². The lowest BCUT2D eigenvalue weighted by atomic mass is 10.3. The van der Waals surface area contributed by atoms with Gasteiger partial charge in [-0.3, -0.25) is 0 Å². The molecule has 0 fully saturated rings. The summed E-state index contributed by atoms with van der Waals surface area (Å²) in [5.41, 5.74) is 1.88. The van der Waals surface area contributed by atoms with Gasteiger partial charge in [-0.2, -0.15) is 5.26 Å². The Kier molecular flexibility index (Phi) is 3.48. The molecule has 0 saturated heterocycles. The Morgan fingerprint density at radius 3 is 2.72 bits per heavy atom. The number of aromatic nitrogens is 3. The lowest BCUT2D eigenvalue weighted by Crippen LogP contribution is -2.01. The fourth-order valence-corrected chi connectivity index (χ4v) is 2.00. The van der Waals surface area contributed by atoms with Gasteiger partial charge in [0, 0.05) is 0 Å². The van der Waals surface area contributed by atoms with Gasteiger partial charge >= 0.3 is 0 Å². The van der Waals surface area contributed by atoms with Crippen LogP contribution >= 0.6 is 11.8 Å². The van der Waals surface area contributed by atoms with Crippen molar-refractivity contribution in [3.8, 4) is 6.07 Å². The highest BCUT2D eigenvalue weighted by molar-refractivity contribution is 7.98. The third-order valence-corrected chi connectivity index (χ3v) is 3.09. The van der Waals surface area contributed by atoms with Gasteiger partial charge in [0.15, 0.2) is 11.6 Å². The Morgan fingerprint density at radius 1 is 1.39 bits per heavy atom. The molecule has 0 aliphatic rings. The highest BCUT2D eigenvalue weighted by Crippen LogP contribution is 2.27. The van der Waals surface area contributed by atoms with Gasteiger partial charge in [-0.1, -0.05) is 5.16 Å². The van der Waals surface area contributed by atoms with E-state index in [1.807, 2.05) is 13.2 Å². The van der Waals surface area contributed by atoms with Gasteiger partial charge in [0.1, 0.15) is 34.4 Å². The number of hydrogen-bond acceptors (Lipinski definition) is 7. The fourth-order valence-electron chi connectivity index (χ4n) is 1.50. The van der Waals surface area contributed by atoms with E-state index in [1.165, 1.54) is 18.1 Å².